The van der Waals surface area contributed by atoms with Gasteiger partial charge in [-0.15, -0.1) is 0 Å². The van der Waals surface area contributed by atoms with Gasteiger partial charge in [-0.3, -0.25) is 0 Å². The molecular weight excluding hydrogens is 807 g/mol. The molecular formula is C43H36F6O7S2. The van der Waals surface area contributed by atoms with E-state index in [2.05, 4.69) is 0 Å². The zero-order chi connectivity index (χ0) is 42.1. The fraction of sp³-hybridized carbons (Fsp3) is 0.209. The normalized spacial score (nSPS) is 14.1. The minimum absolute atomic E-state index is 0.00495. The number of methoxy groups -OCH3 is 1. The van der Waals surface area contributed by atoms with Crippen molar-refractivity contribution in [2.24, 2.45) is 0 Å². The van der Waals surface area contributed by atoms with Crippen molar-refractivity contribution in [3.63, 3.8) is 0 Å². The number of hydrogen-bond donors (Lipinski definition) is 0. The molecule has 1 aliphatic carbocycles. The van der Waals surface area contributed by atoms with Crippen LogP contribution in [0.15, 0.2) is 159 Å². The molecule has 6 rings (SSSR count). The van der Waals surface area contributed by atoms with Gasteiger partial charge in [0.1, 0.15) is 28.6 Å². The topological polar surface area (TPSA) is 96.0 Å². The highest BCUT2D eigenvalue weighted by molar-refractivity contribution is 7.95. The van der Waals surface area contributed by atoms with Gasteiger partial charge in [0.15, 0.2) is 0 Å². The third kappa shape index (κ3) is 8.10. The first-order valence-electron chi connectivity index (χ1n) is 17.6. The molecule has 0 unspecified atom stereocenters. The zero-order valence-electron chi connectivity index (χ0n) is 31.1. The highest BCUT2D eigenvalue weighted by Gasteiger charge is 2.72. The Morgan fingerprint density at radius 1 is 0.500 bits per heavy atom. The Balaban J connectivity index is 1.23. The average molecular weight is 843 g/mol. The SMILES string of the molecule is COc1ccc(S(=O)(=O)c2ccc(Oc3ccc(C(c4ccc(C(C)(C)Oc5ccc(S(=O)(=O)C6=CCCC=C6)cc5)cc4)(C(F)(F)F)C(F)(F)F)cc3)cc2)cc1. The van der Waals surface area contributed by atoms with Crippen molar-refractivity contribution in [3.05, 3.63) is 161 Å². The second-order valence-corrected chi connectivity index (χ2v) is 17.7. The van der Waals surface area contributed by atoms with Gasteiger partial charge >= 0.3 is 12.4 Å². The molecule has 304 valence electrons. The Labute approximate surface area is 332 Å². The standard InChI is InChI=1S/C43H36F6O7S2/c1-40(2,56-35-21-27-39(28-22-35)57(50,51)36-7-5-4-6-8-36)29-9-11-30(12-10-29)41(42(44,45)46,43(47,48)49)31-13-15-33(16-14-31)55-34-19-25-38(26-20-34)58(52,53)37-23-17-32(54-3)18-24-37/h5,7-28H,4,6H2,1-3H3. The summed E-state index contributed by atoms with van der Waals surface area (Å²) in [6, 6.07) is 23.5. The van der Waals surface area contributed by atoms with Crippen LogP contribution in [0.4, 0.5) is 26.3 Å². The van der Waals surface area contributed by atoms with Gasteiger partial charge in [0.05, 0.1) is 26.7 Å². The van der Waals surface area contributed by atoms with E-state index in [9.17, 15) is 43.2 Å². The van der Waals surface area contributed by atoms with Crippen LogP contribution in [0.5, 0.6) is 23.0 Å². The van der Waals surface area contributed by atoms with E-state index in [1.165, 1.54) is 86.0 Å². The van der Waals surface area contributed by atoms with Crippen LogP contribution in [-0.4, -0.2) is 36.3 Å². The van der Waals surface area contributed by atoms with E-state index >= 15 is 0 Å². The van der Waals surface area contributed by atoms with Gasteiger partial charge in [0.2, 0.25) is 25.1 Å². The highest BCUT2D eigenvalue weighted by Crippen LogP contribution is 2.56. The van der Waals surface area contributed by atoms with Crippen molar-refractivity contribution in [2.45, 2.75) is 64.7 Å². The summed E-state index contributed by atoms with van der Waals surface area (Å²) in [4.78, 5) is 0.137. The van der Waals surface area contributed by atoms with Crippen LogP contribution < -0.4 is 14.2 Å². The lowest BCUT2D eigenvalue weighted by Crippen LogP contribution is -2.54. The lowest BCUT2D eigenvalue weighted by molar-refractivity contribution is -0.288. The van der Waals surface area contributed by atoms with Crippen molar-refractivity contribution >= 4 is 19.7 Å². The van der Waals surface area contributed by atoms with Gasteiger partial charge in [-0.05, 0) is 134 Å². The Hall–Kier alpha value is -5.54. The molecule has 5 aromatic rings. The third-order valence-electron chi connectivity index (χ3n) is 9.67. The molecule has 0 atom stereocenters. The summed E-state index contributed by atoms with van der Waals surface area (Å²) in [6.07, 6.45) is -5.43. The molecule has 0 saturated heterocycles. The number of alkyl halides is 6. The van der Waals surface area contributed by atoms with E-state index in [4.69, 9.17) is 14.2 Å². The molecule has 0 saturated carbocycles. The Kier molecular flexibility index (Phi) is 11.4. The van der Waals surface area contributed by atoms with Crippen molar-refractivity contribution in [1.82, 2.24) is 0 Å². The Morgan fingerprint density at radius 2 is 0.897 bits per heavy atom. The van der Waals surface area contributed by atoms with Gasteiger partial charge in [-0.2, -0.15) is 26.3 Å². The largest absolute Gasteiger partial charge is 0.497 e. The summed E-state index contributed by atoms with van der Waals surface area (Å²) >= 11 is 0. The maximum absolute atomic E-state index is 15.0. The van der Waals surface area contributed by atoms with Gasteiger partial charge in [0.25, 0.3) is 0 Å². The molecule has 0 bridgehead atoms. The maximum atomic E-state index is 15.0. The molecule has 0 aliphatic heterocycles. The van der Waals surface area contributed by atoms with Crippen molar-refractivity contribution in [1.29, 1.82) is 0 Å². The number of halogens is 6. The molecule has 0 amide bonds. The molecule has 1 aliphatic rings. The molecule has 0 radical (unpaired) electrons. The summed E-state index contributed by atoms with van der Waals surface area (Å²) < 4.78 is 159. The van der Waals surface area contributed by atoms with Gasteiger partial charge in [-0.25, -0.2) is 16.8 Å². The van der Waals surface area contributed by atoms with E-state index < -0.39 is 54.2 Å². The Morgan fingerprint density at radius 3 is 1.33 bits per heavy atom. The van der Waals surface area contributed by atoms with Crippen LogP contribution in [0.3, 0.4) is 0 Å². The third-order valence-corrected chi connectivity index (χ3v) is 13.3. The maximum Gasteiger partial charge on any atom is 0.411 e. The van der Waals surface area contributed by atoms with Crippen molar-refractivity contribution < 1.29 is 57.4 Å². The van der Waals surface area contributed by atoms with Crippen LogP contribution in [0.25, 0.3) is 0 Å². The number of sulfone groups is 2. The quantitative estimate of drug-likeness (QED) is 0.115. The predicted octanol–water partition coefficient (Wildman–Crippen LogP) is 11.1. The average Bonchev–Trinajstić information content (AvgIpc) is 3.18. The first kappa shape index (κ1) is 42.1. The smallest absolute Gasteiger partial charge is 0.411 e. The highest BCUT2D eigenvalue weighted by atomic mass is 32.2. The zero-order valence-corrected chi connectivity index (χ0v) is 32.8. The number of allylic oxidation sites excluding steroid dienone is 3. The minimum atomic E-state index is -5.85. The Bertz CT molecular complexity index is 2510. The van der Waals surface area contributed by atoms with E-state index in [0.29, 0.717) is 24.3 Å². The predicted molar refractivity (Wildman–Crippen MR) is 204 cm³/mol. The first-order chi connectivity index (χ1) is 27.2. The summed E-state index contributed by atoms with van der Waals surface area (Å²) in [5.41, 5.74) is -7.67. The summed E-state index contributed by atoms with van der Waals surface area (Å²) in [5, 5.41) is 0. The minimum Gasteiger partial charge on any atom is -0.497 e. The summed E-state index contributed by atoms with van der Waals surface area (Å²) in [5.74, 6) is 0.659. The summed E-state index contributed by atoms with van der Waals surface area (Å²) in [7, 11) is -6.25. The first-order valence-corrected chi connectivity index (χ1v) is 20.6. The number of hydrogen-bond acceptors (Lipinski definition) is 7. The molecule has 7 nitrogen and oxygen atoms in total. The monoisotopic (exact) mass is 842 g/mol. The van der Waals surface area contributed by atoms with E-state index in [0.717, 1.165) is 42.8 Å². The second kappa shape index (κ2) is 15.7. The van der Waals surface area contributed by atoms with Crippen LogP contribution in [0, 0.1) is 0 Å². The number of ether oxygens (including phenoxy) is 3. The molecule has 5 aromatic carbocycles. The molecule has 0 heterocycles. The second-order valence-electron chi connectivity index (χ2n) is 13.8. The van der Waals surface area contributed by atoms with Crippen LogP contribution >= 0.6 is 0 Å². The van der Waals surface area contributed by atoms with Crippen LogP contribution in [-0.2, 0) is 30.7 Å². The molecule has 0 N–H and O–H groups in total. The fourth-order valence-electron chi connectivity index (χ4n) is 6.56. The van der Waals surface area contributed by atoms with Gasteiger partial charge in [-0.1, -0.05) is 48.6 Å². The fourth-order valence-corrected chi connectivity index (χ4v) is 9.20. The van der Waals surface area contributed by atoms with Crippen molar-refractivity contribution in [2.75, 3.05) is 7.11 Å². The van der Waals surface area contributed by atoms with E-state index in [1.807, 2.05) is 0 Å². The molecule has 0 spiro atoms. The van der Waals surface area contributed by atoms with Crippen LogP contribution in [0.2, 0.25) is 0 Å². The summed E-state index contributed by atoms with van der Waals surface area (Å²) in [6.45, 7) is 3.13. The van der Waals surface area contributed by atoms with E-state index in [1.54, 1.807) is 26.0 Å². The number of rotatable bonds is 12. The number of benzene rings is 5. The molecule has 0 fully saturated rings. The lowest BCUT2D eigenvalue weighted by atomic mass is 9.72. The van der Waals surface area contributed by atoms with Gasteiger partial charge < -0.3 is 14.2 Å². The van der Waals surface area contributed by atoms with E-state index in [-0.39, 0.29) is 42.4 Å². The van der Waals surface area contributed by atoms with Crippen LogP contribution in [0.1, 0.15) is 43.4 Å². The van der Waals surface area contributed by atoms with Gasteiger partial charge in [0, 0.05) is 0 Å². The molecule has 58 heavy (non-hydrogen) atoms. The van der Waals surface area contributed by atoms with Crippen molar-refractivity contribution in [3.8, 4) is 23.0 Å². The molecule has 0 aromatic heterocycles. The lowest BCUT2D eigenvalue weighted by Gasteiger charge is -2.38. The molecule has 15 heteroatoms.